The van der Waals surface area contributed by atoms with Crippen LogP contribution in [-0.2, 0) is 16.4 Å². The van der Waals surface area contributed by atoms with Crippen molar-refractivity contribution in [2.24, 2.45) is 0 Å². The van der Waals surface area contributed by atoms with Gasteiger partial charge in [-0.2, -0.15) is 0 Å². The van der Waals surface area contributed by atoms with Gasteiger partial charge in [0.15, 0.2) is 12.0 Å². The lowest BCUT2D eigenvalue weighted by Gasteiger charge is -2.13. The molecule has 0 spiro atoms. The van der Waals surface area contributed by atoms with Gasteiger partial charge in [-0.05, 0) is 43.2 Å². The van der Waals surface area contributed by atoms with Crippen LogP contribution in [0.4, 0.5) is 4.39 Å². The number of sulfonamides is 1. The van der Waals surface area contributed by atoms with Crippen molar-refractivity contribution in [3.05, 3.63) is 53.5 Å². The van der Waals surface area contributed by atoms with E-state index in [1.165, 1.54) is 24.3 Å². The highest BCUT2D eigenvalue weighted by molar-refractivity contribution is 7.89. The summed E-state index contributed by atoms with van der Waals surface area (Å²) in [4.78, 5) is 10.5. The maximum atomic E-state index is 12.8. The highest BCUT2D eigenvalue weighted by atomic mass is 32.2. The summed E-state index contributed by atoms with van der Waals surface area (Å²) >= 11 is 0. The molecule has 112 valence electrons. The Hall–Kier alpha value is -1.99. The van der Waals surface area contributed by atoms with Gasteiger partial charge in [-0.25, -0.2) is 17.5 Å². The van der Waals surface area contributed by atoms with E-state index in [2.05, 4.69) is 4.72 Å². The molecule has 0 bridgehead atoms. The summed E-state index contributed by atoms with van der Waals surface area (Å²) in [6.07, 6.45) is 0.835. The maximum Gasteiger partial charge on any atom is 0.274 e. The van der Waals surface area contributed by atoms with Crippen molar-refractivity contribution in [3.63, 3.8) is 0 Å². The second-order valence-electron chi connectivity index (χ2n) is 4.63. The van der Waals surface area contributed by atoms with Gasteiger partial charge in [-0.15, -0.1) is 0 Å². The smallest absolute Gasteiger partial charge is 0.274 e. The van der Waals surface area contributed by atoms with Crippen LogP contribution in [0.2, 0.25) is 0 Å². The number of halogens is 1. The number of rotatable bonds is 6. The van der Waals surface area contributed by atoms with E-state index in [-0.39, 0.29) is 16.7 Å². The van der Waals surface area contributed by atoms with Crippen molar-refractivity contribution in [3.8, 4) is 0 Å². The first kappa shape index (κ1) is 15.4. The Morgan fingerprint density at radius 1 is 1.24 bits per heavy atom. The molecule has 7 heteroatoms. The first-order valence-electron chi connectivity index (χ1n) is 6.22. The van der Waals surface area contributed by atoms with E-state index in [0.717, 1.165) is 5.56 Å². The molecule has 1 N–H and O–H groups in total. The van der Waals surface area contributed by atoms with E-state index >= 15 is 0 Å². The average molecular weight is 311 g/mol. The molecule has 0 fully saturated rings. The molecule has 1 unspecified atom stereocenters. The van der Waals surface area contributed by atoms with E-state index in [0.29, 0.717) is 12.7 Å². The molecule has 0 aliphatic heterocycles. The number of carbonyl (C=O) groups is 1. The molecule has 2 aromatic rings. The Morgan fingerprint density at radius 3 is 2.48 bits per heavy atom. The standard InChI is InChI=1S/C14H14FNO4S/c1-10(8-11-2-4-12(15)5-3-11)16-21(18,19)14-7-6-13(9-17)20-14/h2-7,9-10,16H,8H2,1H3. The third kappa shape index (κ3) is 3.99. The predicted octanol–water partition coefficient (Wildman–Crippen LogP) is 2.14. The monoisotopic (exact) mass is 311 g/mol. The summed E-state index contributed by atoms with van der Waals surface area (Å²) in [6, 6.07) is 7.92. The van der Waals surface area contributed by atoms with Gasteiger partial charge in [-0.3, -0.25) is 4.79 Å². The van der Waals surface area contributed by atoms with Crippen molar-refractivity contribution < 1.29 is 22.0 Å². The molecule has 1 heterocycles. The summed E-state index contributed by atoms with van der Waals surface area (Å²) in [6.45, 7) is 1.69. The van der Waals surface area contributed by atoms with E-state index in [1.807, 2.05) is 0 Å². The first-order valence-corrected chi connectivity index (χ1v) is 7.71. The molecule has 1 atom stereocenters. The zero-order chi connectivity index (χ0) is 15.5. The number of aldehydes is 1. The van der Waals surface area contributed by atoms with Gasteiger partial charge in [0.25, 0.3) is 10.0 Å². The van der Waals surface area contributed by atoms with Gasteiger partial charge in [0, 0.05) is 6.04 Å². The minimum absolute atomic E-state index is 0.0541. The predicted molar refractivity (Wildman–Crippen MR) is 74.0 cm³/mol. The molecule has 0 saturated carbocycles. The molecule has 5 nitrogen and oxygen atoms in total. The molecule has 0 aliphatic carbocycles. The lowest BCUT2D eigenvalue weighted by atomic mass is 10.1. The van der Waals surface area contributed by atoms with Gasteiger partial charge in [0.05, 0.1) is 0 Å². The SMILES string of the molecule is CC(Cc1ccc(F)cc1)NS(=O)(=O)c1ccc(C=O)o1. The Kier molecular flexibility index (Phi) is 4.54. The van der Waals surface area contributed by atoms with Crippen LogP contribution in [0.1, 0.15) is 23.0 Å². The number of carbonyl (C=O) groups excluding carboxylic acids is 1. The fraction of sp³-hybridized carbons (Fsp3) is 0.214. The van der Waals surface area contributed by atoms with Crippen LogP contribution in [-0.4, -0.2) is 20.7 Å². The van der Waals surface area contributed by atoms with Crippen LogP contribution in [0.15, 0.2) is 45.9 Å². The van der Waals surface area contributed by atoms with E-state index in [1.54, 1.807) is 19.1 Å². The third-order valence-corrected chi connectivity index (χ3v) is 4.26. The highest BCUT2D eigenvalue weighted by Crippen LogP contribution is 2.14. The van der Waals surface area contributed by atoms with Crippen LogP contribution in [0.3, 0.4) is 0 Å². The largest absolute Gasteiger partial charge is 0.440 e. The second kappa shape index (κ2) is 6.19. The van der Waals surface area contributed by atoms with Crippen LogP contribution in [0, 0.1) is 5.82 Å². The lowest BCUT2D eigenvalue weighted by molar-refractivity contribution is 0.109. The Morgan fingerprint density at radius 2 is 1.90 bits per heavy atom. The van der Waals surface area contributed by atoms with Gasteiger partial charge in [0.1, 0.15) is 5.82 Å². The molecule has 0 amide bonds. The highest BCUT2D eigenvalue weighted by Gasteiger charge is 2.21. The van der Waals surface area contributed by atoms with Crippen molar-refractivity contribution >= 4 is 16.3 Å². The fourth-order valence-electron chi connectivity index (χ4n) is 1.88. The quantitative estimate of drug-likeness (QED) is 0.829. The minimum Gasteiger partial charge on any atom is -0.440 e. The average Bonchev–Trinajstić information content (AvgIpc) is 2.90. The summed E-state index contributed by atoms with van der Waals surface area (Å²) in [5.41, 5.74) is 0.805. The number of nitrogens with one attached hydrogen (secondary N) is 1. The Bertz CT molecular complexity index is 722. The van der Waals surface area contributed by atoms with E-state index in [9.17, 15) is 17.6 Å². The first-order chi connectivity index (χ1) is 9.90. The van der Waals surface area contributed by atoms with Gasteiger partial charge < -0.3 is 4.42 Å². The van der Waals surface area contributed by atoms with E-state index in [4.69, 9.17) is 4.42 Å². The molecule has 0 aliphatic rings. The van der Waals surface area contributed by atoms with E-state index < -0.39 is 16.1 Å². The van der Waals surface area contributed by atoms with Crippen LogP contribution in [0.25, 0.3) is 0 Å². The summed E-state index contributed by atoms with van der Waals surface area (Å²) in [5, 5.41) is -0.310. The van der Waals surface area contributed by atoms with Crippen LogP contribution >= 0.6 is 0 Å². The Labute approximate surface area is 121 Å². The summed E-state index contributed by atoms with van der Waals surface area (Å²) < 4.78 is 44.2. The third-order valence-electron chi connectivity index (χ3n) is 2.79. The minimum atomic E-state index is -3.83. The molecule has 1 aromatic heterocycles. The Balaban J connectivity index is 2.05. The van der Waals surface area contributed by atoms with Gasteiger partial charge in [0.2, 0.25) is 5.09 Å². The van der Waals surface area contributed by atoms with Crippen molar-refractivity contribution in [1.82, 2.24) is 4.72 Å². The normalized spacial score (nSPS) is 13.0. The molecule has 2 rings (SSSR count). The number of benzene rings is 1. The van der Waals surface area contributed by atoms with Gasteiger partial charge in [-0.1, -0.05) is 12.1 Å². The maximum absolute atomic E-state index is 12.8. The lowest BCUT2D eigenvalue weighted by Crippen LogP contribution is -2.33. The second-order valence-corrected chi connectivity index (χ2v) is 6.27. The number of hydrogen-bond acceptors (Lipinski definition) is 4. The molecular formula is C14H14FNO4S. The number of hydrogen-bond donors (Lipinski definition) is 1. The molecule has 21 heavy (non-hydrogen) atoms. The zero-order valence-electron chi connectivity index (χ0n) is 11.2. The van der Waals surface area contributed by atoms with Crippen molar-refractivity contribution in [2.45, 2.75) is 24.5 Å². The van der Waals surface area contributed by atoms with Crippen molar-refractivity contribution in [1.29, 1.82) is 0 Å². The van der Waals surface area contributed by atoms with Crippen LogP contribution < -0.4 is 4.72 Å². The van der Waals surface area contributed by atoms with Gasteiger partial charge >= 0.3 is 0 Å². The number of furan rings is 1. The fourth-order valence-corrected chi connectivity index (χ4v) is 3.06. The van der Waals surface area contributed by atoms with Crippen LogP contribution in [0.5, 0.6) is 0 Å². The summed E-state index contributed by atoms with van der Waals surface area (Å²) in [5.74, 6) is -0.398. The molecular weight excluding hydrogens is 297 g/mol. The summed E-state index contributed by atoms with van der Waals surface area (Å²) in [7, 11) is -3.83. The molecule has 0 radical (unpaired) electrons. The topological polar surface area (TPSA) is 76.4 Å². The van der Waals surface area contributed by atoms with Crippen molar-refractivity contribution in [2.75, 3.05) is 0 Å². The molecule has 0 saturated heterocycles. The molecule has 1 aromatic carbocycles. The zero-order valence-corrected chi connectivity index (χ0v) is 12.1.